The minimum Gasteiger partial charge on any atom is -0.357 e. The van der Waals surface area contributed by atoms with Gasteiger partial charge in [0, 0.05) is 44.3 Å². The lowest BCUT2D eigenvalue weighted by atomic mass is 10.3. The van der Waals surface area contributed by atoms with Gasteiger partial charge in [-0.2, -0.15) is 13.2 Å². The first-order valence-electron chi connectivity index (χ1n) is 9.38. The molecule has 1 atom stereocenters. The first-order valence-corrected chi connectivity index (χ1v) is 9.38. The van der Waals surface area contributed by atoms with Gasteiger partial charge in [0.05, 0.1) is 13.1 Å². The summed E-state index contributed by atoms with van der Waals surface area (Å²) in [5.41, 5.74) is 0. The van der Waals surface area contributed by atoms with Gasteiger partial charge in [0.2, 0.25) is 0 Å². The van der Waals surface area contributed by atoms with E-state index < -0.39 is 12.7 Å². The third kappa shape index (κ3) is 7.40. The van der Waals surface area contributed by atoms with Crippen molar-refractivity contribution >= 4 is 5.96 Å². The molecule has 0 radical (unpaired) electrons. The smallest absolute Gasteiger partial charge is 0.357 e. The van der Waals surface area contributed by atoms with E-state index in [0.29, 0.717) is 44.1 Å². The summed E-state index contributed by atoms with van der Waals surface area (Å²) >= 11 is 0. The van der Waals surface area contributed by atoms with E-state index in [1.165, 1.54) is 17.7 Å². The van der Waals surface area contributed by atoms with Crippen molar-refractivity contribution in [3.05, 3.63) is 0 Å². The summed E-state index contributed by atoms with van der Waals surface area (Å²) in [6, 6.07) is 1.24. The van der Waals surface area contributed by atoms with Crippen LogP contribution in [0, 0.1) is 0 Å². The van der Waals surface area contributed by atoms with Gasteiger partial charge in [0.1, 0.15) is 0 Å². The highest BCUT2D eigenvalue weighted by atomic mass is 19.4. The molecule has 8 heteroatoms. The molecule has 0 amide bonds. The van der Waals surface area contributed by atoms with E-state index in [2.05, 4.69) is 34.4 Å². The molecule has 2 aliphatic rings. The Hall–Kier alpha value is -1.02. The van der Waals surface area contributed by atoms with Crippen molar-refractivity contribution in [1.82, 2.24) is 20.4 Å². The average Bonchev–Trinajstić information content (AvgIpc) is 3.23. The maximum atomic E-state index is 12.5. The molecule has 1 aliphatic carbocycles. The van der Waals surface area contributed by atoms with Crippen LogP contribution in [-0.4, -0.2) is 79.3 Å². The van der Waals surface area contributed by atoms with Crippen LogP contribution in [0.1, 0.15) is 40.0 Å². The maximum absolute atomic E-state index is 12.5. The Bertz CT molecular complexity index is 432. The number of likely N-dealkylation sites (tertiary alicyclic amines) is 1. The Kier molecular flexibility index (Phi) is 7.37. The van der Waals surface area contributed by atoms with Crippen molar-refractivity contribution < 1.29 is 13.2 Å². The van der Waals surface area contributed by atoms with Crippen LogP contribution in [0.3, 0.4) is 0 Å². The first-order chi connectivity index (χ1) is 11.8. The van der Waals surface area contributed by atoms with Gasteiger partial charge in [-0.25, -0.2) is 0 Å². The summed E-state index contributed by atoms with van der Waals surface area (Å²) in [7, 11) is 0. The quantitative estimate of drug-likeness (QED) is 0.512. The van der Waals surface area contributed by atoms with Gasteiger partial charge in [-0.3, -0.25) is 14.8 Å². The normalized spacial score (nSPS) is 22.9. The molecule has 1 heterocycles. The van der Waals surface area contributed by atoms with E-state index in [0.717, 1.165) is 13.1 Å². The van der Waals surface area contributed by atoms with Crippen LogP contribution >= 0.6 is 0 Å². The largest absolute Gasteiger partial charge is 0.401 e. The van der Waals surface area contributed by atoms with Crippen LogP contribution in [-0.2, 0) is 0 Å². The van der Waals surface area contributed by atoms with Gasteiger partial charge in [-0.05, 0) is 40.0 Å². The summed E-state index contributed by atoms with van der Waals surface area (Å²) in [6.07, 6.45) is -0.869. The lowest BCUT2D eigenvalue weighted by Crippen LogP contribution is -2.45. The highest BCUT2D eigenvalue weighted by Crippen LogP contribution is 2.28. The number of hydrogen-bond donors (Lipinski definition) is 2. The van der Waals surface area contributed by atoms with E-state index in [1.54, 1.807) is 0 Å². The molecular formula is C17H32F3N5. The lowest BCUT2D eigenvalue weighted by molar-refractivity contribution is -0.143. The van der Waals surface area contributed by atoms with E-state index in [-0.39, 0.29) is 6.04 Å². The molecule has 0 aromatic rings. The fourth-order valence-electron chi connectivity index (χ4n) is 3.41. The summed E-state index contributed by atoms with van der Waals surface area (Å²) in [4.78, 5) is 8.55. The van der Waals surface area contributed by atoms with Crippen LogP contribution in [0.4, 0.5) is 13.2 Å². The molecule has 0 spiro atoms. The third-order valence-corrected chi connectivity index (χ3v) is 4.67. The molecule has 5 nitrogen and oxygen atoms in total. The van der Waals surface area contributed by atoms with Crippen molar-refractivity contribution in [2.45, 2.75) is 64.3 Å². The molecule has 1 saturated carbocycles. The van der Waals surface area contributed by atoms with Crippen molar-refractivity contribution in [1.29, 1.82) is 0 Å². The number of guanidine groups is 1. The van der Waals surface area contributed by atoms with Crippen molar-refractivity contribution in [2.75, 3.05) is 39.3 Å². The first kappa shape index (κ1) is 20.3. The van der Waals surface area contributed by atoms with Crippen LogP contribution in [0.5, 0.6) is 0 Å². The van der Waals surface area contributed by atoms with Crippen LogP contribution in [0.15, 0.2) is 4.99 Å². The summed E-state index contributed by atoms with van der Waals surface area (Å²) < 4.78 is 37.5. The van der Waals surface area contributed by atoms with Crippen molar-refractivity contribution in [3.63, 3.8) is 0 Å². The highest BCUT2D eigenvalue weighted by Gasteiger charge is 2.34. The standard InChI is InChI=1S/C17H32F3N5/c1-4-21-16(22-8-10-25(13(2)3)15-5-6-15)23-14-7-9-24(11-14)12-17(18,19)20/h13-15H,4-12H2,1-3H3,(H2,21,22,23). The second-order valence-corrected chi connectivity index (χ2v) is 7.30. The number of halogens is 3. The third-order valence-electron chi connectivity index (χ3n) is 4.67. The predicted molar refractivity (Wildman–Crippen MR) is 94.9 cm³/mol. The van der Waals surface area contributed by atoms with Gasteiger partial charge in [-0.15, -0.1) is 0 Å². The lowest BCUT2D eigenvalue weighted by Gasteiger charge is -2.25. The highest BCUT2D eigenvalue weighted by molar-refractivity contribution is 5.80. The summed E-state index contributed by atoms with van der Waals surface area (Å²) in [5.74, 6) is 0.709. The van der Waals surface area contributed by atoms with E-state index >= 15 is 0 Å². The average molecular weight is 363 g/mol. The predicted octanol–water partition coefficient (Wildman–Crippen LogP) is 2.05. The Balaban J connectivity index is 1.79. The van der Waals surface area contributed by atoms with Crippen molar-refractivity contribution in [3.8, 4) is 0 Å². The van der Waals surface area contributed by atoms with E-state index in [9.17, 15) is 13.2 Å². The number of nitrogens with zero attached hydrogens (tertiary/aromatic N) is 3. The molecule has 146 valence electrons. The number of rotatable bonds is 8. The second-order valence-electron chi connectivity index (χ2n) is 7.30. The van der Waals surface area contributed by atoms with Gasteiger partial charge >= 0.3 is 6.18 Å². The SMILES string of the molecule is CCNC(=NCCN(C(C)C)C1CC1)NC1CCN(CC(F)(F)F)C1. The van der Waals surface area contributed by atoms with Gasteiger partial charge in [0.25, 0.3) is 0 Å². The number of nitrogens with one attached hydrogen (secondary N) is 2. The molecule has 2 N–H and O–H groups in total. The fraction of sp³-hybridized carbons (Fsp3) is 0.941. The van der Waals surface area contributed by atoms with E-state index in [4.69, 9.17) is 0 Å². The number of alkyl halides is 3. The Morgan fingerprint density at radius 3 is 2.56 bits per heavy atom. The second kappa shape index (κ2) is 9.07. The molecular weight excluding hydrogens is 331 g/mol. The zero-order chi connectivity index (χ0) is 18.4. The molecule has 1 aliphatic heterocycles. The van der Waals surface area contributed by atoms with Crippen LogP contribution in [0.25, 0.3) is 0 Å². The number of aliphatic imine (C=N–C) groups is 1. The molecule has 0 bridgehead atoms. The van der Waals surface area contributed by atoms with Crippen LogP contribution in [0.2, 0.25) is 0 Å². The zero-order valence-corrected chi connectivity index (χ0v) is 15.6. The molecule has 0 aromatic heterocycles. The minimum atomic E-state index is -4.13. The monoisotopic (exact) mass is 363 g/mol. The molecule has 2 fully saturated rings. The minimum absolute atomic E-state index is 0.0183. The van der Waals surface area contributed by atoms with Gasteiger partial charge in [0.15, 0.2) is 5.96 Å². The van der Waals surface area contributed by atoms with Crippen molar-refractivity contribution in [2.24, 2.45) is 4.99 Å². The molecule has 25 heavy (non-hydrogen) atoms. The maximum Gasteiger partial charge on any atom is 0.401 e. The summed E-state index contributed by atoms with van der Waals surface area (Å²) in [6.45, 7) is 8.81. The van der Waals surface area contributed by atoms with E-state index in [1.807, 2.05) is 6.92 Å². The Morgan fingerprint density at radius 2 is 2.00 bits per heavy atom. The van der Waals surface area contributed by atoms with Gasteiger partial charge < -0.3 is 10.6 Å². The molecule has 2 rings (SSSR count). The Morgan fingerprint density at radius 1 is 1.28 bits per heavy atom. The number of hydrogen-bond acceptors (Lipinski definition) is 3. The molecule has 1 unspecified atom stereocenters. The zero-order valence-electron chi connectivity index (χ0n) is 15.6. The fourth-order valence-corrected chi connectivity index (χ4v) is 3.41. The van der Waals surface area contributed by atoms with Crippen LogP contribution < -0.4 is 10.6 Å². The Labute approximate surface area is 149 Å². The molecule has 0 aromatic carbocycles. The molecule has 1 saturated heterocycles. The van der Waals surface area contributed by atoms with Gasteiger partial charge in [-0.1, -0.05) is 0 Å². The summed E-state index contributed by atoms with van der Waals surface area (Å²) in [5, 5.41) is 6.49. The topological polar surface area (TPSA) is 42.9 Å².